The lowest BCUT2D eigenvalue weighted by atomic mass is 10.0. The highest BCUT2D eigenvalue weighted by molar-refractivity contribution is 8.00. The number of nitrogens with two attached hydrogens (primary N) is 1. The van der Waals surface area contributed by atoms with E-state index in [2.05, 4.69) is 16.2 Å². The number of carbonyl (C=O) groups excluding carboxylic acids is 3. The maximum atomic E-state index is 12.1. The molecule has 0 heterocycles. The molecule has 2 aromatic carbocycles. The van der Waals surface area contributed by atoms with E-state index in [0.29, 0.717) is 15.6 Å². The Morgan fingerprint density at radius 3 is 2.00 bits per heavy atom. The summed E-state index contributed by atoms with van der Waals surface area (Å²) in [6, 6.07) is 12.3. The van der Waals surface area contributed by atoms with E-state index >= 15 is 0 Å². The third-order valence-corrected chi connectivity index (χ3v) is 5.02. The van der Waals surface area contributed by atoms with Gasteiger partial charge in [0.25, 0.3) is 0 Å². The number of nitrogens with one attached hydrogen (secondary N) is 3. The minimum atomic E-state index is -0.767. The van der Waals surface area contributed by atoms with Crippen molar-refractivity contribution in [1.82, 2.24) is 16.2 Å². The number of rotatable bonds is 7. The Morgan fingerprint density at radius 2 is 1.43 bits per heavy atom. The lowest BCUT2D eigenvalue weighted by molar-refractivity contribution is -0.127. The quantitative estimate of drug-likeness (QED) is 0.391. The zero-order valence-electron chi connectivity index (χ0n) is 14.6. The van der Waals surface area contributed by atoms with E-state index in [4.69, 9.17) is 28.9 Å². The highest BCUT2D eigenvalue weighted by Crippen LogP contribution is 2.20. The number of hydrazine groups is 1. The van der Waals surface area contributed by atoms with E-state index in [9.17, 15) is 14.4 Å². The Balaban J connectivity index is 1.82. The Bertz CT molecular complexity index is 832. The molecule has 7 nitrogen and oxygen atoms in total. The summed E-state index contributed by atoms with van der Waals surface area (Å²) in [5.74, 6) is -0.750. The first-order valence-corrected chi connectivity index (χ1v) is 9.85. The van der Waals surface area contributed by atoms with Gasteiger partial charge in [-0.3, -0.25) is 20.4 Å². The average molecular weight is 441 g/mol. The number of hydrogen-bond donors (Lipinski definition) is 4. The first-order valence-electron chi connectivity index (χ1n) is 8.11. The lowest BCUT2D eigenvalue weighted by Crippen LogP contribution is -2.44. The van der Waals surface area contributed by atoms with Crippen LogP contribution in [0.5, 0.6) is 0 Å². The second-order valence-electron chi connectivity index (χ2n) is 5.66. The summed E-state index contributed by atoms with van der Waals surface area (Å²) in [7, 11) is 0. The van der Waals surface area contributed by atoms with E-state index in [1.54, 1.807) is 48.5 Å². The second-order valence-corrected chi connectivity index (χ2v) is 7.58. The van der Waals surface area contributed by atoms with Gasteiger partial charge >= 0.3 is 6.03 Å². The van der Waals surface area contributed by atoms with Gasteiger partial charge in [-0.05, 0) is 42.0 Å². The van der Waals surface area contributed by atoms with Gasteiger partial charge in [-0.25, -0.2) is 4.79 Å². The minimum absolute atomic E-state index is 0.113. The van der Waals surface area contributed by atoms with Gasteiger partial charge in [0.2, 0.25) is 11.8 Å². The molecule has 5 N–H and O–H groups in total. The van der Waals surface area contributed by atoms with Crippen LogP contribution in [0.3, 0.4) is 0 Å². The van der Waals surface area contributed by atoms with E-state index in [1.807, 2.05) is 0 Å². The van der Waals surface area contributed by atoms with Crippen LogP contribution < -0.4 is 21.9 Å². The van der Waals surface area contributed by atoms with Crippen molar-refractivity contribution >= 4 is 52.8 Å². The molecule has 0 fully saturated rings. The highest BCUT2D eigenvalue weighted by atomic mass is 35.5. The number of amides is 4. The van der Waals surface area contributed by atoms with Crippen molar-refractivity contribution < 1.29 is 14.4 Å². The van der Waals surface area contributed by atoms with Crippen molar-refractivity contribution in [2.75, 3.05) is 5.75 Å². The summed E-state index contributed by atoms with van der Waals surface area (Å²) in [4.78, 5) is 36.1. The fourth-order valence-corrected chi connectivity index (χ4v) is 3.16. The molecular weight excluding hydrogens is 423 g/mol. The first kappa shape index (κ1) is 21.9. The molecule has 0 radical (unpaired) electrons. The second kappa shape index (κ2) is 10.8. The molecule has 0 aromatic heterocycles. The van der Waals surface area contributed by atoms with Gasteiger partial charge in [-0.2, -0.15) is 0 Å². The summed E-state index contributed by atoms with van der Waals surface area (Å²) < 4.78 is 0. The van der Waals surface area contributed by atoms with Gasteiger partial charge < -0.3 is 11.1 Å². The fourth-order valence-electron chi connectivity index (χ4n) is 2.21. The number of halogens is 2. The van der Waals surface area contributed by atoms with Crippen LogP contribution >= 0.6 is 35.0 Å². The topological polar surface area (TPSA) is 113 Å². The SMILES string of the molecule is NC(=O)N[C@H](CC(=O)NNC(=O)CSc1ccc(Cl)cc1)c1ccc(Cl)cc1. The zero-order valence-corrected chi connectivity index (χ0v) is 16.9. The molecule has 2 aromatic rings. The monoisotopic (exact) mass is 440 g/mol. The standard InChI is InChI=1S/C18H18Cl2N4O3S/c19-12-3-1-11(2-4-12)15(22-18(21)27)9-16(25)23-24-17(26)10-28-14-7-5-13(20)6-8-14/h1-8,15H,9-10H2,(H,23,25)(H,24,26)(H3,21,22,27)/t15-/m1/s1. The van der Waals surface area contributed by atoms with Crippen molar-refractivity contribution in [2.45, 2.75) is 17.4 Å². The summed E-state index contributed by atoms with van der Waals surface area (Å²) in [5, 5.41) is 3.63. The van der Waals surface area contributed by atoms with E-state index in [0.717, 1.165) is 4.90 Å². The number of carbonyl (C=O) groups is 3. The Hall–Kier alpha value is -2.42. The summed E-state index contributed by atoms with van der Waals surface area (Å²) in [6.45, 7) is 0. The first-order chi connectivity index (χ1) is 13.3. The molecule has 0 spiro atoms. The predicted octanol–water partition coefficient (Wildman–Crippen LogP) is 3.03. The van der Waals surface area contributed by atoms with Crippen molar-refractivity contribution in [3.05, 3.63) is 64.1 Å². The molecule has 0 unspecified atom stereocenters. The third-order valence-electron chi connectivity index (χ3n) is 3.50. The molecule has 0 aliphatic carbocycles. The highest BCUT2D eigenvalue weighted by Gasteiger charge is 2.18. The van der Waals surface area contributed by atoms with Crippen LogP contribution in [0, 0.1) is 0 Å². The molecule has 1 atom stereocenters. The Kier molecular flexibility index (Phi) is 8.43. The molecule has 0 aliphatic heterocycles. The van der Waals surface area contributed by atoms with Crippen molar-refractivity contribution in [2.24, 2.45) is 5.73 Å². The average Bonchev–Trinajstić information content (AvgIpc) is 2.65. The van der Waals surface area contributed by atoms with Crippen LogP contribution in [0.25, 0.3) is 0 Å². The van der Waals surface area contributed by atoms with Crippen molar-refractivity contribution in [1.29, 1.82) is 0 Å². The number of urea groups is 1. The zero-order chi connectivity index (χ0) is 20.5. The maximum absolute atomic E-state index is 12.1. The number of primary amides is 1. The maximum Gasteiger partial charge on any atom is 0.312 e. The van der Waals surface area contributed by atoms with Gasteiger partial charge in [-0.15, -0.1) is 11.8 Å². The Morgan fingerprint density at radius 1 is 0.893 bits per heavy atom. The van der Waals surface area contributed by atoms with Crippen LogP contribution in [0.4, 0.5) is 4.79 Å². The predicted molar refractivity (Wildman–Crippen MR) is 110 cm³/mol. The molecule has 0 saturated carbocycles. The molecule has 10 heteroatoms. The van der Waals surface area contributed by atoms with Crippen LogP contribution in [0.1, 0.15) is 18.0 Å². The summed E-state index contributed by atoms with van der Waals surface area (Å²) >= 11 is 13.0. The molecular formula is C18H18Cl2N4O3S. The molecule has 0 aliphatic rings. The Labute approximate surface area is 176 Å². The van der Waals surface area contributed by atoms with E-state index < -0.39 is 18.0 Å². The number of thioether (sulfide) groups is 1. The molecule has 2 rings (SSSR count). The van der Waals surface area contributed by atoms with Crippen molar-refractivity contribution in [3.63, 3.8) is 0 Å². The lowest BCUT2D eigenvalue weighted by Gasteiger charge is -2.18. The van der Waals surface area contributed by atoms with Gasteiger partial charge in [0.1, 0.15) is 0 Å². The van der Waals surface area contributed by atoms with Gasteiger partial charge in [0.15, 0.2) is 0 Å². The van der Waals surface area contributed by atoms with Crippen LogP contribution in [-0.2, 0) is 9.59 Å². The van der Waals surface area contributed by atoms with E-state index in [-0.39, 0.29) is 18.1 Å². The molecule has 4 amide bonds. The van der Waals surface area contributed by atoms with Crippen LogP contribution in [-0.4, -0.2) is 23.6 Å². The number of hydrogen-bond acceptors (Lipinski definition) is 4. The van der Waals surface area contributed by atoms with Crippen LogP contribution in [0.15, 0.2) is 53.4 Å². The largest absolute Gasteiger partial charge is 0.352 e. The third kappa shape index (κ3) is 7.67. The van der Waals surface area contributed by atoms with Crippen molar-refractivity contribution in [3.8, 4) is 0 Å². The normalized spacial score (nSPS) is 11.4. The summed E-state index contributed by atoms with van der Waals surface area (Å²) in [6.07, 6.45) is -0.116. The van der Waals surface area contributed by atoms with Gasteiger partial charge in [0, 0.05) is 14.9 Å². The molecule has 148 valence electrons. The smallest absolute Gasteiger partial charge is 0.312 e. The minimum Gasteiger partial charge on any atom is -0.352 e. The number of benzene rings is 2. The molecule has 0 bridgehead atoms. The molecule has 0 saturated heterocycles. The van der Waals surface area contributed by atoms with Gasteiger partial charge in [-0.1, -0.05) is 35.3 Å². The fraction of sp³-hybridized carbons (Fsp3) is 0.167. The molecule has 28 heavy (non-hydrogen) atoms. The van der Waals surface area contributed by atoms with Gasteiger partial charge in [0.05, 0.1) is 18.2 Å². The van der Waals surface area contributed by atoms with Crippen LogP contribution in [0.2, 0.25) is 10.0 Å². The van der Waals surface area contributed by atoms with E-state index in [1.165, 1.54) is 11.8 Å². The summed E-state index contributed by atoms with van der Waals surface area (Å²) in [5.41, 5.74) is 10.5.